The molecule has 2 aromatic rings. The zero-order valence-corrected chi connectivity index (χ0v) is 16.2. The molecule has 0 spiro atoms. The second-order valence-corrected chi connectivity index (χ2v) is 7.22. The van der Waals surface area contributed by atoms with E-state index in [2.05, 4.69) is 13.8 Å². The summed E-state index contributed by atoms with van der Waals surface area (Å²) in [7, 11) is 1.58. The number of rotatable bonds is 5. The molecular weight excluding hydrogens is 342 g/mol. The molecule has 5 heteroatoms. The fraction of sp³-hybridized carbons (Fsp3) is 0.364. The van der Waals surface area contributed by atoms with Gasteiger partial charge in [0.05, 0.1) is 13.0 Å². The number of benzene rings is 2. The number of nitrogens with zero attached hydrogens (tertiary/aromatic N) is 1. The lowest BCUT2D eigenvalue weighted by atomic mass is 10.0. The maximum absolute atomic E-state index is 12.7. The number of carbonyl (C=O) groups excluding carboxylic acids is 2. The molecule has 0 bridgehead atoms. The largest absolute Gasteiger partial charge is 0.497 e. The second kappa shape index (κ2) is 7.82. The fourth-order valence-electron chi connectivity index (χ4n) is 3.29. The lowest BCUT2D eigenvalue weighted by Gasteiger charge is -2.18. The van der Waals surface area contributed by atoms with E-state index in [9.17, 15) is 9.59 Å². The summed E-state index contributed by atoms with van der Waals surface area (Å²) in [5.41, 5.74) is 2.75. The smallest absolute Gasteiger partial charge is 0.316 e. The van der Waals surface area contributed by atoms with Crippen molar-refractivity contribution in [3.05, 3.63) is 53.6 Å². The van der Waals surface area contributed by atoms with E-state index in [0.717, 1.165) is 16.8 Å². The Morgan fingerprint density at radius 2 is 1.96 bits per heavy atom. The summed E-state index contributed by atoms with van der Waals surface area (Å²) in [5, 5.41) is 0. The Morgan fingerprint density at radius 1 is 1.19 bits per heavy atom. The van der Waals surface area contributed by atoms with Crippen LogP contribution in [0.25, 0.3) is 0 Å². The molecular formula is C22H25NO4. The van der Waals surface area contributed by atoms with Crippen LogP contribution in [0.4, 0.5) is 5.69 Å². The first-order valence-electron chi connectivity index (χ1n) is 9.15. The standard InChI is InChI=1S/C22H25NO4/c1-14(2)19-9-8-15(3)10-20(19)27-22(25)16-11-21(24)23(13-16)17-6-5-7-18(12-17)26-4/h5-10,12,14,16H,11,13H2,1-4H3/t16-/m0/s1. The Bertz CT molecular complexity index is 859. The van der Waals surface area contributed by atoms with E-state index in [-0.39, 0.29) is 24.2 Å². The van der Waals surface area contributed by atoms with Gasteiger partial charge >= 0.3 is 5.97 Å². The van der Waals surface area contributed by atoms with Gasteiger partial charge in [-0.3, -0.25) is 9.59 Å². The second-order valence-electron chi connectivity index (χ2n) is 7.22. The number of hydrogen-bond donors (Lipinski definition) is 0. The molecule has 1 heterocycles. The summed E-state index contributed by atoms with van der Waals surface area (Å²) in [6.45, 7) is 6.40. The molecule has 1 saturated heterocycles. The van der Waals surface area contributed by atoms with Crippen LogP contribution in [0.2, 0.25) is 0 Å². The van der Waals surface area contributed by atoms with E-state index in [0.29, 0.717) is 18.0 Å². The van der Waals surface area contributed by atoms with Crippen molar-refractivity contribution in [2.24, 2.45) is 5.92 Å². The van der Waals surface area contributed by atoms with Gasteiger partial charge in [-0.25, -0.2) is 0 Å². The number of carbonyl (C=O) groups is 2. The maximum Gasteiger partial charge on any atom is 0.316 e. The normalized spacial score (nSPS) is 16.7. The van der Waals surface area contributed by atoms with Crippen LogP contribution >= 0.6 is 0 Å². The monoisotopic (exact) mass is 367 g/mol. The predicted molar refractivity (Wildman–Crippen MR) is 104 cm³/mol. The van der Waals surface area contributed by atoms with Crippen LogP contribution in [-0.2, 0) is 9.59 Å². The third-order valence-corrected chi connectivity index (χ3v) is 4.82. The van der Waals surface area contributed by atoms with Crippen molar-refractivity contribution in [2.45, 2.75) is 33.1 Å². The Labute approximate surface area is 159 Å². The van der Waals surface area contributed by atoms with Gasteiger partial charge in [0.1, 0.15) is 11.5 Å². The SMILES string of the molecule is COc1cccc(N2C[C@@H](C(=O)Oc3cc(C)ccc3C(C)C)CC2=O)c1. The first-order valence-corrected chi connectivity index (χ1v) is 9.15. The maximum atomic E-state index is 12.7. The minimum absolute atomic E-state index is 0.0847. The number of hydrogen-bond acceptors (Lipinski definition) is 4. The van der Waals surface area contributed by atoms with Gasteiger partial charge in [-0.05, 0) is 42.2 Å². The minimum Gasteiger partial charge on any atom is -0.497 e. The number of esters is 1. The summed E-state index contributed by atoms with van der Waals surface area (Å²) in [6.07, 6.45) is 0.152. The van der Waals surface area contributed by atoms with E-state index in [1.165, 1.54) is 0 Å². The van der Waals surface area contributed by atoms with Gasteiger partial charge in [-0.1, -0.05) is 32.0 Å². The van der Waals surface area contributed by atoms with Crippen LogP contribution in [-0.4, -0.2) is 25.5 Å². The molecule has 1 fully saturated rings. The Kier molecular flexibility index (Phi) is 5.49. The average molecular weight is 367 g/mol. The summed E-state index contributed by atoms with van der Waals surface area (Å²) in [6, 6.07) is 13.2. The molecule has 3 rings (SSSR count). The zero-order chi connectivity index (χ0) is 19.6. The highest BCUT2D eigenvalue weighted by Gasteiger charge is 2.36. The Morgan fingerprint density at radius 3 is 2.67 bits per heavy atom. The molecule has 0 radical (unpaired) electrons. The number of ether oxygens (including phenoxy) is 2. The van der Waals surface area contributed by atoms with Crippen molar-refractivity contribution in [1.29, 1.82) is 0 Å². The van der Waals surface area contributed by atoms with Crippen LogP contribution in [0.3, 0.4) is 0 Å². The third kappa shape index (κ3) is 4.13. The first-order chi connectivity index (χ1) is 12.9. The van der Waals surface area contributed by atoms with Crippen LogP contribution in [0.1, 0.15) is 37.3 Å². The molecule has 1 atom stereocenters. The number of methoxy groups -OCH3 is 1. The third-order valence-electron chi connectivity index (χ3n) is 4.82. The van der Waals surface area contributed by atoms with Gasteiger partial charge in [0, 0.05) is 24.7 Å². The summed E-state index contributed by atoms with van der Waals surface area (Å²) in [5.74, 6) is 0.575. The van der Waals surface area contributed by atoms with Crippen LogP contribution in [0.5, 0.6) is 11.5 Å². The molecule has 0 aliphatic carbocycles. The summed E-state index contributed by atoms with van der Waals surface area (Å²) < 4.78 is 10.9. The lowest BCUT2D eigenvalue weighted by molar-refractivity contribution is -0.139. The van der Waals surface area contributed by atoms with Crippen LogP contribution < -0.4 is 14.4 Å². The minimum atomic E-state index is -0.482. The molecule has 1 aliphatic heterocycles. The highest BCUT2D eigenvalue weighted by molar-refractivity contribution is 5.99. The highest BCUT2D eigenvalue weighted by atomic mass is 16.5. The molecule has 27 heavy (non-hydrogen) atoms. The van der Waals surface area contributed by atoms with Crippen molar-refractivity contribution in [3.63, 3.8) is 0 Å². The van der Waals surface area contributed by atoms with Crippen molar-refractivity contribution in [2.75, 3.05) is 18.6 Å². The number of amides is 1. The Balaban J connectivity index is 1.75. The van der Waals surface area contributed by atoms with Crippen molar-refractivity contribution in [3.8, 4) is 11.5 Å². The molecule has 1 aliphatic rings. The fourth-order valence-corrected chi connectivity index (χ4v) is 3.29. The zero-order valence-electron chi connectivity index (χ0n) is 16.2. The Hall–Kier alpha value is -2.82. The van der Waals surface area contributed by atoms with Crippen LogP contribution in [0.15, 0.2) is 42.5 Å². The quantitative estimate of drug-likeness (QED) is 0.590. The van der Waals surface area contributed by atoms with Gasteiger partial charge in [-0.2, -0.15) is 0 Å². The van der Waals surface area contributed by atoms with E-state index in [1.807, 2.05) is 43.3 Å². The van der Waals surface area contributed by atoms with E-state index < -0.39 is 5.92 Å². The van der Waals surface area contributed by atoms with Crippen molar-refractivity contribution in [1.82, 2.24) is 0 Å². The van der Waals surface area contributed by atoms with Gasteiger partial charge in [0.15, 0.2) is 0 Å². The topological polar surface area (TPSA) is 55.8 Å². The van der Waals surface area contributed by atoms with Crippen molar-refractivity contribution < 1.29 is 19.1 Å². The van der Waals surface area contributed by atoms with E-state index >= 15 is 0 Å². The predicted octanol–water partition coefficient (Wildman–Crippen LogP) is 4.09. The molecule has 2 aromatic carbocycles. The molecule has 142 valence electrons. The average Bonchev–Trinajstić information content (AvgIpc) is 3.03. The van der Waals surface area contributed by atoms with E-state index in [4.69, 9.17) is 9.47 Å². The van der Waals surface area contributed by atoms with Crippen LogP contribution in [0, 0.1) is 12.8 Å². The highest BCUT2D eigenvalue weighted by Crippen LogP contribution is 2.31. The number of anilines is 1. The van der Waals surface area contributed by atoms with Gasteiger partial charge < -0.3 is 14.4 Å². The first kappa shape index (κ1) is 19.0. The lowest BCUT2D eigenvalue weighted by Crippen LogP contribution is -2.27. The molecule has 0 saturated carbocycles. The number of aryl methyl sites for hydroxylation is 1. The molecule has 0 unspecified atom stereocenters. The van der Waals surface area contributed by atoms with Gasteiger partial charge in [0.2, 0.25) is 5.91 Å². The molecule has 1 amide bonds. The summed E-state index contributed by atoms with van der Waals surface area (Å²) >= 11 is 0. The molecule has 0 N–H and O–H groups in total. The molecule has 0 aromatic heterocycles. The van der Waals surface area contributed by atoms with Gasteiger partial charge in [-0.15, -0.1) is 0 Å². The van der Waals surface area contributed by atoms with E-state index in [1.54, 1.807) is 18.1 Å². The van der Waals surface area contributed by atoms with Gasteiger partial charge in [0.25, 0.3) is 0 Å². The summed E-state index contributed by atoms with van der Waals surface area (Å²) in [4.78, 5) is 26.8. The van der Waals surface area contributed by atoms with Crippen molar-refractivity contribution >= 4 is 17.6 Å². The molecule has 5 nitrogen and oxygen atoms in total.